The van der Waals surface area contributed by atoms with E-state index in [1.165, 1.54) is 0 Å². The quantitative estimate of drug-likeness (QED) is 0.234. The topological polar surface area (TPSA) is 117 Å². The fourth-order valence-electron chi connectivity index (χ4n) is 0.665. The van der Waals surface area contributed by atoms with Crippen LogP contribution in [-0.4, -0.2) is 45.6 Å². The van der Waals surface area contributed by atoms with Crippen molar-refractivity contribution in [3.05, 3.63) is 11.8 Å². The van der Waals surface area contributed by atoms with E-state index in [9.17, 15) is 4.79 Å². The van der Waals surface area contributed by atoms with Crippen LogP contribution in [0.4, 0.5) is 0 Å². The number of esters is 1. The number of cyclic esters (lactones) is 1. The summed E-state index contributed by atoms with van der Waals surface area (Å²) < 4.78 is 4.38. The summed E-state index contributed by atoms with van der Waals surface area (Å²) in [5.41, 5.74) is 0. The SMILES string of the molecule is O=C1O[C@H]([C@@H](O)CO)[C-]=C1O.[Na+].[OH-]. The molecule has 1 aliphatic rings. The summed E-state index contributed by atoms with van der Waals surface area (Å²) in [6.45, 7) is -0.543. The van der Waals surface area contributed by atoms with Crippen LogP contribution in [0.15, 0.2) is 5.76 Å². The molecule has 0 aromatic heterocycles. The van der Waals surface area contributed by atoms with Crippen molar-refractivity contribution in [1.82, 2.24) is 0 Å². The van der Waals surface area contributed by atoms with Gasteiger partial charge in [0.25, 0.3) is 0 Å². The fraction of sp³-hybridized carbons (Fsp3) is 0.500. The molecule has 6 nitrogen and oxygen atoms in total. The molecule has 0 spiro atoms. The van der Waals surface area contributed by atoms with E-state index < -0.39 is 30.5 Å². The molecular weight excluding hydrogens is 191 g/mol. The first kappa shape index (κ1) is 15.4. The molecule has 0 aromatic carbocycles. The van der Waals surface area contributed by atoms with Gasteiger partial charge in [0.15, 0.2) is 0 Å². The van der Waals surface area contributed by atoms with Crippen LogP contribution in [0, 0.1) is 6.08 Å². The summed E-state index contributed by atoms with van der Waals surface area (Å²) in [4.78, 5) is 10.4. The van der Waals surface area contributed by atoms with Gasteiger partial charge in [-0.2, -0.15) is 6.08 Å². The Kier molecular flexibility index (Phi) is 7.52. The minimum atomic E-state index is -1.22. The van der Waals surface area contributed by atoms with Gasteiger partial charge in [-0.25, -0.2) is 0 Å². The zero-order valence-corrected chi connectivity index (χ0v) is 8.97. The summed E-state index contributed by atoms with van der Waals surface area (Å²) in [5.74, 6) is -1.58. The van der Waals surface area contributed by atoms with Crippen LogP contribution >= 0.6 is 0 Å². The molecule has 0 radical (unpaired) electrons. The zero-order chi connectivity index (χ0) is 8.43. The van der Waals surface area contributed by atoms with Crippen molar-refractivity contribution < 1.29 is 59.9 Å². The number of aliphatic hydroxyl groups excluding tert-OH is 3. The second-order valence-corrected chi connectivity index (χ2v) is 2.07. The molecule has 2 atom stereocenters. The van der Waals surface area contributed by atoms with Crippen LogP contribution in [0.2, 0.25) is 0 Å². The van der Waals surface area contributed by atoms with E-state index in [1.54, 1.807) is 0 Å². The van der Waals surface area contributed by atoms with E-state index in [-0.39, 0.29) is 35.0 Å². The Balaban J connectivity index is 0. The molecule has 0 saturated heterocycles. The number of hydrogen-bond acceptors (Lipinski definition) is 6. The first-order valence-electron chi connectivity index (χ1n) is 2.97. The van der Waals surface area contributed by atoms with Gasteiger partial charge >= 0.3 is 29.6 Å². The van der Waals surface area contributed by atoms with Crippen molar-refractivity contribution in [1.29, 1.82) is 0 Å². The molecular formula is C6H8NaO6-. The molecule has 0 aromatic rings. The van der Waals surface area contributed by atoms with Gasteiger partial charge in [0.2, 0.25) is 5.97 Å². The molecule has 70 valence electrons. The van der Waals surface area contributed by atoms with Gasteiger partial charge in [-0.3, -0.25) is 0 Å². The summed E-state index contributed by atoms with van der Waals surface area (Å²) in [7, 11) is 0. The third-order valence-electron chi connectivity index (χ3n) is 1.24. The Morgan fingerprint density at radius 1 is 1.62 bits per heavy atom. The molecule has 0 fully saturated rings. The molecule has 0 unspecified atom stereocenters. The average molecular weight is 199 g/mol. The van der Waals surface area contributed by atoms with Crippen molar-refractivity contribution in [2.45, 2.75) is 12.2 Å². The number of rotatable bonds is 2. The zero-order valence-electron chi connectivity index (χ0n) is 6.97. The summed E-state index contributed by atoms with van der Waals surface area (Å²) >= 11 is 0. The van der Waals surface area contributed by atoms with Gasteiger partial charge in [0.05, 0.1) is 18.8 Å². The molecule has 4 N–H and O–H groups in total. The summed E-state index contributed by atoms with van der Waals surface area (Å²) in [6, 6.07) is 0. The Morgan fingerprint density at radius 3 is 2.46 bits per heavy atom. The van der Waals surface area contributed by atoms with E-state index in [4.69, 9.17) is 15.3 Å². The molecule has 1 aliphatic heterocycles. The van der Waals surface area contributed by atoms with Gasteiger partial charge in [-0.05, 0) is 0 Å². The van der Waals surface area contributed by atoms with E-state index in [2.05, 4.69) is 10.8 Å². The molecule has 1 heterocycles. The molecule has 1 rings (SSSR count). The van der Waals surface area contributed by atoms with Crippen LogP contribution in [0.25, 0.3) is 0 Å². The molecule has 0 amide bonds. The Labute approximate surface area is 96.4 Å². The van der Waals surface area contributed by atoms with Crippen LogP contribution in [0.3, 0.4) is 0 Å². The fourth-order valence-corrected chi connectivity index (χ4v) is 0.665. The largest absolute Gasteiger partial charge is 1.00 e. The third-order valence-corrected chi connectivity index (χ3v) is 1.24. The van der Waals surface area contributed by atoms with Gasteiger partial charge in [0.1, 0.15) is 0 Å². The van der Waals surface area contributed by atoms with Crippen LogP contribution < -0.4 is 29.6 Å². The van der Waals surface area contributed by atoms with Gasteiger partial charge < -0.3 is 30.3 Å². The number of carbonyl (C=O) groups excluding carboxylic acids is 1. The van der Waals surface area contributed by atoms with E-state index in [0.717, 1.165) is 0 Å². The van der Waals surface area contributed by atoms with Gasteiger partial charge in [-0.15, -0.1) is 0 Å². The predicted molar refractivity (Wildman–Crippen MR) is 34.3 cm³/mol. The first-order valence-corrected chi connectivity index (χ1v) is 2.97. The second-order valence-electron chi connectivity index (χ2n) is 2.07. The smallest absolute Gasteiger partial charge is 0.870 e. The van der Waals surface area contributed by atoms with Crippen molar-refractivity contribution in [3.63, 3.8) is 0 Å². The minimum absolute atomic E-state index is 0. The molecule has 0 bridgehead atoms. The third kappa shape index (κ3) is 3.63. The maximum Gasteiger partial charge on any atom is 1.00 e. The van der Waals surface area contributed by atoms with E-state index in [0.29, 0.717) is 0 Å². The number of carbonyl (C=O) groups is 1. The van der Waals surface area contributed by atoms with Gasteiger partial charge in [-0.1, -0.05) is 0 Å². The number of ether oxygens (including phenoxy) is 1. The molecule has 13 heavy (non-hydrogen) atoms. The number of aliphatic hydroxyl groups is 3. The molecule has 0 aliphatic carbocycles. The number of hydrogen-bond donors (Lipinski definition) is 3. The Hall–Kier alpha value is -0.110. The van der Waals surface area contributed by atoms with E-state index in [1.807, 2.05) is 0 Å². The summed E-state index contributed by atoms with van der Waals surface area (Å²) in [6.07, 6.45) is -0.123. The second kappa shape index (κ2) is 6.36. The summed E-state index contributed by atoms with van der Waals surface area (Å²) in [5, 5.41) is 25.9. The monoisotopic (exact) mass is 199 g/mol. The Morgan fingerprint density at radius 2 is 2.15 bits per heavy atom. The first-order chi connectivity index (χ1) is 5.15. The maximum atomic E-state index is 10.4. The van der Waals surface area contributed by atoms with Crippen molar-refractivity contribution >= 4 is 5.97 Å². The van der Waals surface area contributed by atoms with Crippen LogP contribution in [0.5, 0.6) is 0 Å². The Bertz CT molecular complexity index is 203. The molecule has 0 saturated carbocycles. The minimum Gasteiger partial charge on any atom is -0.870 e. The van der Waals surface area contributed by atoms with Crippen molar-refractivity contribution in [2.24, 2.45) is 0 Å². The molecule has 7 heteroatoms. The van der Waals surface area contributed by atoms with Crippen molar-refractivity contribution in [2.75, 3.05) is 6.61 Å². The maximum absolute atomic E-state index is 10.4. The van der Waals surface area contributed by atoms with E-state index >= 15 is 0 Å². The average Bonchev–Trinajstić information content (AvgIpc) is 2.31. The van der Waals surface area contributed by atoms with Crippen molar-refractivity contribution in [3.8, 4) is 0 Å². The predicted octanol–water partition coefficient (Wildman–Crippen LogP) is -4.66. The van der Waals surface area contributed by atoms with Crippen LogP contribution in [0.1, 0.15) is 0 Å². The van der Waals surface area contributed by atoms with Gasteiger partial charge in [0, 0.05) is 5.76 Å². The van der Waals surface area contributed by atoms with Crippen LogP contribution in [-0.2, 0) is 9.53 Å². The standard InChI is InChI=1S/C6H7O5.Na.H2O/c7-2-4(9)5-1-3(8)6(10)11-5;;/h4-5,7-9H,2H2;;1H2/q-1;+1;/p-1/t4-,5-;;/m0../s1. The normalized spacial score (nSPS) is 22.2.